The highest BCUT2D eigenvalue weighted by Crippen LogP contribution is 2.24. The van der Waals surface area contributed by atoms with E-state index in [2.05, 4.69) is 54.8 Å². The van der Waals surface area contributed by atoms with Gasteiger partial charge in [0.25, 0.3) is 0 Å². The molecule has 0 aliphatic carbocycles. The number of anilines is 1. The Morgan fingerprint density at radius 3 is 2.30 bits per heavy atom. The van der Waals surface area contributed by atoms with Gasteiger partial charge in [0.15, 0.2) is 0 Å². The zero-order valence-corrected chi connectivity index (χ0v) is 13.3. The second kappa shape index (κ2) is 6.98. The first-order valence-corrected chi connectivity index (χ1v) is 7.84. The molecule has 1 fully saturated rings. The van der Waals surface area contributed by atoms with Gasteiger partial charge in [0.05, 0.1) is 7.11 Å². The average Bonchev–Trinajstić information content (AvgIpc) is 2.49. The predicted molar refractivity (Wildman–Crippen MR) is 85.7 cm³/mol. The molecular formula is C17H28N2O. The van der Waals surface area contributed by atoms with E-state index >= 15 is 0 Å². The molecule has 1 unspecified atom stereocenters. The van der Waals surface area contributed by atoms with Crippen LogP contribution in [-0.4, -0.2) is 43.7 Å². The minimum absolute atomic E-state index is 0.567. The quantitative estimate of drug-likeness (QED) is 0.820. The summed E-state index contributed by atoms with van der Waals surface area (Å²) in [4.78, 5) is 5.17. The van der Waals surface area contributed by atoms with E-state index in [0.717, 1.165) is 18.3 Å². The van der Waals surface area contributed by atoms with Crippen LogP contribution in [0.3, 0.4) is 0 Å². The van der Waals surface area contributed by atoms with Crippen LogP contribution in [0.4, 0.5) is 5.69 Å². The molecule has 1 aliphatic rings. The Morgan fingerprint density at radius 1 is 1.15 bits per heavy atom. The van der Waals surface area contributed by atoms with Gasteiger partial charge >= 0.3 is 0 Å². The third kappa shape index (κ3) is 3.26. The highest BCUT2D eigenvalue weighted by Gasteiger charge is 2.26. The molecule has 1 heterocycles. The molecule has 1 aliphatic heterocycles. The van der Waals surface area contributed by atoms with E-state index in [1.54, 1.807) is 7.11 Å². The minimum Gasteiger partial charge on any atom is -0.497 e. The fourth-order valence-corrected chi connectivity index (χ4v) is 3.28. The van der Waals surface area contributed by atoms with Crippen molar-refractivity contribution in [2.45, 2.75) is 45.7 Å². The average molecular weight is 276 g/mol. The standard InChI is InChI=1S/C17H28N2O/c1-5-15(6-2)18-11-12-19(14(3)13-18)16-7-9-17(20-4)10-8-16/h7-10,14-15H,5-6,11-13H2,1-4H3. The third-order valence-corrected chi connectivity index (χ3v) is 4.52. The van der Waals surface area contributed by atoms with Crippen molar-refractivity contribution in [3.05, 3.63) is 24.3 Å². The van der Waals surface area contributed by atoms with Gasteiger partial charge in [-0.15, -0.1) is 0 Å². The molecule has 0 radical (unpaired) electrons. The van der Waals surface area contributed by atoms with Gasteiger partial charge < -0.3 is 9.64 Å². The van der Waals surface area contributed by atoms with Crippen molar-refractivity contribution in [3.63, 3.8) is 0 Å². The van der Waals surface area contributed by atoms with Gasteiger partial charge in [-0.3, -0.25) is 4.90 Å². The lowest BCUT2D eigenvalue weighted by atomic mass is 10.1. The van der Waals surface area contributed by atoms with E-state index in [-0.39, 0.29) is 0 Å². The summed E-state index contributed by atoms with van der Waals surface area (Å²) in [5.74, 6) is 0.928. The summed E-state index contributed by atoms with van der Waals surface area (Å²) in [7, 11) is 1.71. The van der Waals surface area contributed by atoms with E-state index in [4.69, 9.17) is 4.74 Å². The van der Waals surface area contributed by atoms with Crippen LogP contribution in [0.1, 0.15) is 33.6 Å². The number of nitrogens with zero attached hydrogens (tertiary/aromatic N) is 2. The summed E-state index contributed by atoms with van der Waals surface area (Å²) >= 11 is 0. The number of hydrogen-bond acceptors (Lipinski definition) is 3. The van der Waals surface area contributed by atoms with Crippen LogP contribution < -0.4 is 9.64 Å². The van der Waals surface area contributed by atoms with Crippen molar-refractivity contribution < 1.29 is 4.74 Å². The first-order chi connectivity index (χ1) is 9.69. The Hall–Kier alpha value is -1.22. The fourth-order valence-electron chi connectivity index (χ4n) is 3.28. The summed E-state index contributed by atoms with van der Waals surface area (Å²) in [6.07, 6.45) is 2.51. The van der Waals surface area contributed by atoms with Crippen LogP contribution in [0, 0.1) is 0 Å². The predicted octanol–water partition coefficient (Wildman–Crippen LogP) is 3.39. The first-order valence-electron chi connectivity index (χ1n) is 7.84. The Labute approximate surface area is 123 Å². The Kier molecular flexibility index (Phi) is 5.30. The maximum atomic E-state index is 5.23. The number of methoxy groups -OCH3 is 1. The molecule has 2 rings (SSSR count). The summed E-state index contributed by atoms with van der Waals surface area (Å²) in [5, 5.41) is 0. The van der Waals surface area contributed by atoms with Crippen molar-refractivity contribution in [2.24, 2.45) is 0 Å². The molecule has 0 amide bonds. The molecule has 112 valence electrons. The van der Waals surface area contributed by atoms with Crippen LogP contribution in [0.2, 0.25) is 0 Å². The fraction of sp³-hybridized carbons (Fsp3) is 0.647. The Morgan fingerprint density at radius 2 is 1.80 bits per heavy atom. The van der Waals surface area contributed by atoms with Crippen LogP contribution in [0.5, 0.6) is 5.75 Å². The second-order valence-electron chi connectivity index (χ2n) is 5.71. The molecule has 0 bridgehead atoms. The maximum Gasteiger partial charge on any atom is 0.119 e. The number of benzene rings is 1. The van der Waals surface area contributed by atoms with Crippen LogP contribution in [0.15, 0.2) is 24.3 Å². The largest absolute Gasteiger partial charge is 0.497 e. The Balaban J connectivity index is 2.01. The van der Waals surface area contributed by atoms with Gasteiger partial charge in [0.2, 0.25) is 0 Å². The van der Waals surface area contributed by atoms with Crippen LogP contribution >= 0.6 is 0 Å². The maximum absolute atomic E-state index is 5.23. The van der Waals surface area contributed by atoms with Gasteiger partial charge in [-0.2, -0.15) is 0 Å². The van der Waals surface area contributed by atoms with Crippen molar-refractivity contribution >= 4 is 5.69 Å². The lowest BCUT2D eigenvalue weighted by molar-refractivity contribution is 0.156. The molecule has 3 heteroatoms. The van der Waals surface area contributed by atoms with E-state index in [0.29, 0.717) is 6.04 Å². The van der Waals surface area contributed by atoms with Gasteiger partial charge in [-0.1, -0.05) is 13.8 Å². The molecule has 1 atom stereocenters. The second-order valence-corrected chi connectivity index (χ2v) is 5.71. The molecule has 3 nitrogen and oxygen atoms in total. The summed E-state index contributed by atoms with van der Waals surface area (Å²) in [6, 6.07) is 9.75. The van der Waals surface area contributed by atoms with E-state index < -0.39 is 0 Å². The SMILES string of the molecule is CCC(CC)N1CCN(c2ccc(OC)cc2)C(C)C1. The smallest absolute Gasteiger partial charge is 0.119 e. The lowest BCUT2D eigenvalue weighted by Gasteiger charge is -2.44. The van der Waals surface area contributed by atoms with Gasteiger partial charge in [0.1, 0.15) is 5.75 Å². The Bertz CT molecular complexity index is 400. The number of rotatable bonds is 5. The highest BCUT2D eigenvalue weighted by molar-refractivity contribution is 5.50. The molecule has 1 aromatic rings. The number of piperazine rings is 1. The van der Waals surface area contributed by atoms with Gasteiger partial charge in [-0.25, -0.2) is 0 Å². The highest BCUT2D eigenvalue weighted by atomic mass is 16.5. The molecule has 1 aromatic carbocycles. The number of ether oxygens (including phenoxy) is 1. The topological polar surface area (TPSA) is 15.7 Å². The van der Waals surface area contributed by atoms with E-state index in [1.165, 1.54) is 31.6 Å². The van der Waals surface area contributed by atoms with Gasteiger partial charge in [-0.05, 0) is 44.0 Å². The summed E-state index contributed by atoms with van der Waals surface area (Å²) in [5.41, 5.74) is 1.31. The normalized spacial score (nSPS) is 20.4. The van der Waals surface area contributed by atoms with Crippen molar-refractivity contribution in [3.8, 4) is 5.75 Å². The molecular weight excluding hydrogens is 248 g/mol. The van der Waals surface area contributed by atoms with Crippen molar-refractivity contribution in [2.75, 3.05) is 31.6 Å². The van der Waals surface area contributed by atoms with Crippen molar-refractivity contribution in [1.29, 1.82) is 0 Å². The van der Waals surface area contributed by atoms with Crippen LogP contribution in [0.25, 0.3) is 0 Å². The zero-order valence-electron chi connectivity index (χ0n) is 13.3. The van der Waals surface area contributed by atoms with E-state index in [1.807, 2.05) is 0 Å². The zero-order chi connectivity index (χ0) is 14.5. The monoisotopic (exact) mass is 276 g/mol. The minimum atomic E-state index is 0.567. The third-order valence-electron chi connectivity index (χ3n) is 4.52. The first kappa shape index (κ1) is 15.2. The molecule has 1 saturated heterocycles. The molecule has 0 aromatic heterocycles. The van der Waals surface area contributed by atoms with Crippen molar-refractivity contribution in [1.82, 2.24) is 4.90 Å². The lowest BCUT2D eigenvalue weighted by Crippen LogP contribution is -2.54. The van der Waals surface area contributed by atoms with Gasteiger partial charge in [0, 0.05) is 37.4 Å². The molecule has 0 saturated carbocycles. The van der Waals surface area contributed by atoms with Crippen LogP contribution in [-0.2, 0) is 0 Å². The summed E-state index contributed by atoms with van der Waals surface area (Å²) in [6.45, 7) is 10.4. The number of hydrogen-bond donors (Lipinski definition) is 0. The molecule has 0 N–H and O–H groups in total. The molecule has 20 heavy (non-hydrogen) atoms. The van der Waals surface area contributed by atoms with E-state index in [9.17, 15) is 0 Å². The molecule has 0 spiro atoms. The summed E-state index contributed by atoms with van der Waals surface area (Å²) < 4.78 is 5.23.